The van der Waals surface area contributed by atoms with E-state index in [0.29, 0.717) is 5.92 Å². The van der Waals surface area contributed by atoms with Gasteiger partial charge in [-0.2, -0.15) is 0 Å². The van der Waals surface area contributed by atoms with Crippen molar-refractivity contribution in [2.45, 2.75) is 26.7 Å². The summed E-state index contributed by atoms with van der Waals surface area (Å²) in [5, 5.41) is 4.38. The van der Waals surface area contributed by atoms with Crippen molar-refractivity contribution in [3.8, 4) is 0 Å². The van der Waals surface area contributed by atoms with Crippen molar-refractivity contribution in [3.05, 3.63) is 53.6 Å². The minimum absolute atomic E-state index is 0.536. The largest absolute Gasteiger partial charge is 0.332 e. The van der Waals surface area contributed by atoms with E-state index in [9.17, 15) is 0 Å². The van der Waals surface area contributed by atoms with Crippen molar-refractivity contribution in [2.75, 3.05) is 5.32 Å². The van der Waals surface area contributed by atoms with Crippen LogP contribution >= 0.6 is 11.3 Å². The number of para-hydroxylation sites is 1. The van der Waals surface area contributed by atoms with Gasteiger partial charge in [0.15, 0.2) is 5.13 Å². The number of fused-ring (bicyclic) bond motifs is 1. The predicted octanol–water partition coefficient (Wildman–Crippen LogP) is 5.47. The Morgan fingerprint density at radius 1 is 1.10 bits per heavy atom. The van der Waals surface area contributed by atoms with Crippen LogP contribution in [-0.2, 0) is 0 Å². The molecule has 0 unspecified atom stereocenters. The Hall–Kier alpha value is -1.87. The zero-order chi connectivity index (χ0) is 14.1. The van der Waals surface area contributed by atoms with Crippen LogP contribution in [0.2, 0.25) is 0 Å². The Kier molecular flexibility index (Phi) is 3.45. The molecule has 2 nitrogen and oxygen atoms in total. The third-order valence-corrected chi connectivity index (χ3v) is 4.36. The van der Waals surface area contributed by atoms with E-state index >= 15 is 0 Å². The van der Waals surface area contributed by atoms with Gasteiger partial charge in [0.2, 0.25) is 0 Å². The zero-order valence-electron chi connectivity index (χ0n) is 12.0. The maximum absolute atomic E-state index is 4.69. The number of aryl methyl sites for hydroxylation is 1. The number of thiazole rings is 1. The Bertz CT molecular complexity index is 744. The topological polar surface area (TPSA) is 24.9 Å². The Labute approximate surface area is 123 Å². The van der Waals surface area contributed by atoms with Gasteiger partial charge in [0.25, 0.3) is 0 Å². The molecule has 3 heteroatoms. The fourth-order valence-electron chi connectivity index (χ4n) is 2.24. The highest BCUT2D eigenvalue weighted by Gasteiger charge is 2.06. The quantitative estimate of drug-likeness (QED) is 0.688. The summed E-state index contributed by atoms with van der Waals surface area (Å²) in [6, 6.07) is 14.9. The highest BCUT2D eigenvalue weighted by atomic mass is 32.1. The van der Waals surface area contributed by atoms with Gasteiger partial charge in [-0.1, -0.05) is 49.4 Å². The molecule has 0 atom stereocenters. The summed E-state index contributed by atoms with van der Waals surface area (Å²) in [5.41, 5.74) is 4.77. The number of hydrogen-bond acceptors (Lipinski definition) is 3. The average molecular weight is 282 g/mol. The molecule has 102 valence electrons. The van der Waals surface area contributed by atoms with E-state index in [0.717, 1.165) is 16.3 Å². The summed E-state index contributed by atoms with van der Waals surface area (Å²) in [5.74, 6) is 0.536. The number of hydrogen-bond donors (Lipinski definition) is 1. The lowest BCUT2D eigenvalue weighted by Gasteiger charge is -2.08. The third kappa shape index (κ3) is 2.54. The van der Waals surface area contributed by atoms with Crippen LogP contribution in [0, 0.1) is 6.92 Å². The smallest absolute Gasteiger partial charge is 0.188 e. The van der Waals surface area contributed by atoms with Gasteiger partial charge in [-0.05, 0) is 42.2 Å². The van der Waals surface area contributed by atoms with Crippen molar-refractivity contribution in [1.82, 2.24) is 4.98 Å². The summed E-state index contributed by atoms with van der Waals surface area (Å²) in [6.07, 6.45) is 0. The number of anilines is 2. The van der Waals surface area contributed by atoms with Crippen LogP contribution in [0.15, 0.2) is 42.5 Å². The van der Waals surface area contributed by atoms with Crippen LogP contribution in [0.1, 0.15) is 30.9 Å². The van der Waals surface area contributed by atoms with Gasteiger partial charge >= 0.3 is 0 Å². The SMILES string of the molecule is Cc1cccc2sc(Nc3cccc(C(C)C)c3)nc12. The normalized spacial score (nSPS) is 11.2. The lowest BCUT2D eigenvalue weighted by atomic mass is 10.0. The fourth-order valence-corrected chi connectivity index (χ4v) is 3.20. The van der Waals surface area contributed by atoms with E-state index in [-0.39, 0.29) is 0 Å². The molecule has 1 heterocycles. The summed E-state index contributed by atoms with van der Waals surface area (Å²) in [7, 11) is 0. The molecule has 0 amide bonds. The molecule has 0 saturated heterocycles. The first-order valence-electron chi connectivity index (χ1n) is 6.86. The van der Waals surface area contributed by atoms with E-state index in [1.807, 2.05) is 0 Å². The molecule has 0 radical (unpaired) electrons. The molecule has 0 spiro atoms. The predicted molar refractivity (Wildman–Crippen MR) is 88.2 cm³/mol. The minimum Gasteiger partial charge on any atom is -0.332 e. The standard InChI is InChI=1S/C17H18N2S/c1-11(2)13-7-5-8-14(10-13)18-17-19-16-12(3)6-4-9-15(16)20-17/h4-11H,1-3H3,(H,18,19). The third-order valence-electron chi connectivity index (χ3n) is 3.43. The van der Waals surface area contributed by atoms with Crippen molar-refractivity contribution in [3.63, 3.8) is 0 Å². The van der Waals surface area contributed by atoms with Crippen LogP contribution < -0.4 is 5.32 Å². The second-order valence-electron chi connectivity index (χ2n) is 5.35. The zero-order valence-corrected chi connectivity index (χ0v) is 12.8. The first-order chi connectivity index (χ1) is 9.63. The molecule has 0 aliphatic heterocycles. The fraction of sp³-hybridized carbons (Fsp3) is 0.235. The highest BCUT2D eigenvalue weighted by Crippen LogP contribution is 2.30. The lowest BCUT2D eigenvalue weighted by molar-refractivity contribution is 0.867. The summed E-state index contributed by atoms with van der Waals surface area (Å²) < 4.78 is 1.23. The molecule has 20 heavy (non-hydrogen) atoms. The Morgan fingerprint density at radius 3 is 2.65 bits per heavy atom. The van der Waals surface area contributed by atoms with Crippen LogP contribution in [-0.4, -0.2) is 4.98 Å². The number of benzene rings is 2. The van der Waals surface area contributed by atoms with E-state index in [4.69, 9.17) is 0 Å². The molecule has 1 aromatic heterocycles. The van der Waals surface area contributed by atoms with Gasteiger partial charge in [-0.25, -0.2) is 4.98 Å². The van der Waals surface area contributed by atoms with Crippen molar-refractivity contribution >= 4 is 32.4 Å². The van der Waals surface area contributed by atoms with Crippen molar-refractivity contribution in [1.29, 1.82) is 0 Å². The average Bonchev–Trinajstić information content (AvgIpc) is 2.83. The van der Waals surface area contributed by atoms with Gasteiger partial charge in [-0.3, -0.25) is 0 Å². The van der Waals surface area contributed by atoms with E-state index < -0.39 is 0 Å². The van der Waals surface area contributed by atoms with Gasteiger partial charge < -0.3 is 5.32 Å². The molecule has 0 aliphatic carbocycles. The number of nitrogens with zero attached hydrogens (tertiary/aromatic N) is 1. The number of aromatic nitrogens is 1. The van der Waals surface area contributed by atoms with Crippen LogP contribution in [0.5, 0.6) is 0 Å². The molecule has 0 aliphatic rings. The van der Waals surface area contributed by atoms with Crippen LogP contribution in [0.3, 0.4) is 0 Å². The van der Waals surface area contributed by atoms with Crippen LogP contribution in [0.25, 0.3) is 10.2 Å². The van der Waals surface area contributed by atoms with Gasteiger partial charge in [0, 0.05) is 5.69 Å². The van der Waals surface area contributed by atoms with E-state index in [1.165, 1.54) is 15.8 Å². The van der Waals surface area contributed by atoms with Crippen LogP contribution in [0.4, 0.5) is 10.8 Å². The summed E-state index contributed by atoms with van der Waals surface area (Å²) in [4.78, 5) is 4.69. The monoisotopic (exact) mass is 282 g/mol. The molecule has 2 aromatic carbocycles. The van der Waals surface area contributed by atoms with E-state index in [2.05, 4.69) is 73.5 Å². The Morgan fingerprint density at radius 2 is 1.90 bits per heavy atom. The highest BCUT2D eigenvalue weighted by molar-refractivity contribution is 7.22. The molecule has 0 bridgehead atoms. The van der Waals surface area contributed by atoms with Crippen molar-refractivity contribution in [2.24, 2.45) is 0 Å². The second-order valence-corrected chi connectivity index (χ2v) is 6.38. The van der Waals surface area contributed by atoms with E-state index in [1.54, 1.807) is 11.3 Å². The maximum Gasteiger partial charge on any atom is 0.188 e. The minimum atomic E-state index is 0.536. The molecule has 0 saturated carbocycles. The van der Waals surface area contributed by atoms with Gasteiger partial charge in [-0.15, -0.1) is 0 Å². The maximum atomic E-state index is 4.69. The molecule has 3 rings (SSSR count). The first kappa shape index (κ1) is 13.1. The molecular weight excluding hydrogens is 264 g/mol. The summed E-state index contributed by atoms with van der Waals surface area (Å²) in [6.45, 7) is 6.52. The summed E-state index contributed by atoms with van der Waals surface area (Å²) >= 11 is 1.70. The molecule has 0 fully saturated rings. The van der Waals surface area contributed by atoms with Crippen molar-refractivity contribution < 1.29 is 0 Å². The Balaban J connectivity index is 1.93. The van der Waals surface area contributed by atoms with Gasteiger partial charge in [0.05, 0.1) is 10.2 Å². The molecular formula is C17H18N2S. The van der Waals surface area contributed by atoms with Gasteiger partial charge in [0.1, 0.15) is 0 Å². The lowest BCUT2D eigenvalue weighted by Crippen LogP contribution is -1.92. The first-order valence-corrected chi connectivity index (χ1v) is 7.68. The molecule has 3 aromatic rings. The molecule has 1 N–H and O–H groups in total. The second kappa shape index (κ2) is 5.25. The number of nitrogens with one attached hydrogen (secondary N) is 1. The number of rotatable bonds is 3.